The summed E-state index contributed by atoms with van der Waals surface area (Å²) in [5.41, 5.74) is 0. The number of halogens is 2. The summed E-state index contributed by atoms with van der Waals surface area (Å²) in [6.07, 6.45) is 5.41. The normalized spacial score (nSPS) is 28.8. The van der Waals surface area contributed by atoms with E-state index in [4.69, 9.17) is 11.6 Å². The molecule has 19 heavy (non-hydrogen) atoms. The molecule has 2 atom stereocenters. The van der Waals surface area contributed by atoms with E-state index in [0.717, 1.165) is 21.4 Å². The second kappa shape index (κ2) is 6.02. The van der Waals surface area contributed by atoms with Gasteiger partial charge < -0.3 is 5.32 Å². The van der Waals surface area contributed by atoms with Gasteiger partial charge in [0.15, 0.2) is 0 Å². The zero-order valence-corrected chi connectivity index (χ0v) is 14.3. The number of rotatable bonds is 4. The second-order valence-corrected chi connectivity index (χ2v) is 8.18. The average molecular weight is 364 g/mol. The van der Waals surface area contributed by atoms with Crippen LogP contribution in [-0.4, -0.2) is 31.1 Å². The van der Waals surface area contributed by atoms with Crippen LogP contribution in [0.3, 0.4) is 0 Å². The summed E-state index contributed by atoms with van der Waals surface area (Å²) in [7, 11) is 2.06. The van der Waals surface area contributed by atoms with Crippen LogP contribution in [0, 0.1) is 5.92 Å². The maximum Gasteiger partial charge on any atom is 0.107 e. The Labute approximate surface area is 132 Å². The Balaban J connectivity index is 1.89. The summed E-state index contributed by atoms with van der Waals surface area (Å²) in [6, 6.07) is 3.62. The molecule has 5 heteroatoms. The molecule has 0 bridgehead atoms. The zero-order valence-electron chi connectivity index (χ0n) is 11.2. The van der Waals surface area contributed by atoms with Gasteiger partial charge >= 0.3 is 0 Å². The van der Waals surface area contributed by atoms with Gasteiger partial charge in [0, 0.05) is 21.4 Å². The minimum atomic E-state index is 0.558. The topological polar surface area (TPSA) is 15.3 Å². The third kappa shape index (κ3) is 3.03. The van der Waals surface area contributed by atoms with E-state index in [1.54, 1.807) is 11.3 Å². The van der Waals surface area contributed by atoms with Crippen molar-refractivity contribution >= 4 is 38.9 Å². The lowest BCUT2D eigenvalue weighted by Crippen LogP contribution is -2.42. The van der Waals surface area contributed by atoms with Crippen molar-refractivity contribution in [3.05, 3.63) is 19.8 Å². The van der Waals surface area contributed by atoms with Crippen LogP contribution in [0.15, 0.2) is 10.5 Å². The Morgan fingerprint density at radius 2 is 2.26 bits per heavy atom. The number of nitrogens with one attached hydrogen (secondary N) is 1. The quantitative estimate of drug-likeness (QED) is 0.858. The molecule has 1 aromatic heterocycles. The van der Waals surface area contributed by atoms with E-state index >= 15 is 0 Å². The summed E-state index contributed by atoms with van der Waals surface area (Å²) in [5.74, 6) is 0.709. The summed E-state index contributed by atoms with van der Waals surface area (Å²) in [6.45, 7) is 2.35. The van der Waals surface area contributed by atoms with Crippen LogP contribution in [-0.2, 0) is 0 Å². The fourth-order valence-corrected chi connectivity index (χ4v) is 5.25. The molecule has 2 fully saturated rings. The largest absolute Gasteiger partial charge is 0.319 e. The highest BCUT2D eigenvalue weighted by molar-refractivity contribution is 9.10. The molecule has 0 aromatic carbocycles. The Morgan fingerprint density at radius 1 is 1.47 bits per heavy atom. The zero-order chi connectivity index (χ0) is 13.4. The van der Waals surface area contributed by atoms with Crippen LogP contribution in [0.25, 0.3) is 0 Å². The van der Waals surface area contributed by atoms with Crippen molar-refractivity contribution in [3.63, 3.8) is 0 Å². The van der Waals surface area contributed by atoms with Crippen molar-refractivity contribution in [1.29, 1.82) is 0 Å². The molecule has 1 aliphatic heterocycles. The standard InChI is InChI=1S/C14H20BrClN2S/c1-17-8-9-3-2-6-18(10-4-5-10)13(9)12-7-11(15)14(16)19-12/h7,9-10,13,17H,2-6,8H2,1H3. The van der Waals surface area contributed by atoms with Gasteiger partial charge in [-0.25, -0.2) is 0 Å². The fraction of sp³-hybridized carbons (Fsp3) is 0.714. The van der Waals surface area contributed by atoms with Gasteiger partial charge in [-0.1, -0.05) is 11.6 Å². The van der Waals surface area contributed by atoms with E-state index in [2.05, 4.69) is 39.3 Å². The molecule has 2 unspecified atom stereocenters. The molecule has 2 nitrogen and oxygen atoms in total. The van der Waals surface area contributed by atoms with Gasteiger partial charge in [-0.15, -0.1) is 11.3 Å². The molecule has 2 aliphatic rings. The Bertz CT molecular complexity index is 425. The van der Waals surface area contributed by atoms with E-state index < -0.39 is 0 Å². The Morgan fingerprint density at radius 3 is 2.84 bits per heavy atom. The molecule has 106 valence electrons. The molecule has 1 aromatic rings. The molecule has 1 aliphatic carbocycles. The van der Waals surface area contributed by atoms with Crippen molar-refractivity contribution in [3.8, 4) is 0 Å². The summed E-state index contributed by atoms with van der Waals surface area (Å²) < 4.78 is 1.94. The molecule has 0 spiro atoms. The van der Waals surface area contributed by atoms with Crippen molar-refractivity contribution in [2.45, 2.75) is 37.8 Å². The molecule has 0 radical (unpaired) electrons. The third-order valence-corrected chi connectivity index (χ3v) is 6.78. The first kappa shape index (κ1) is 14.3. The number of nitrogens with zero attached hydrogens (tertiary/aromatic N) is 1. The van der Waals surface area contributed by atoms with Crippen LogP contribution >= 0.6 is 38.9 Å². The van der Waals surface area contributed by atoms with Gasteiger partial charge in [0.1, 0.15) is 4.34 Å². The van der Waals surface area contributed by atoms with E-state index in [1.807, 2.05) is 0 Å². The lowest BCUT2D eigenvalue weighted by Gasteiger charge is -2.41. The van der Waals surface area contributed by atoms with Gasteiger partial charge in [-0.2, -0.15) is 0 Å². The first-order valence-electron chi connectivity index (χ1n) is 7.05. The predicted octanol–water partition coefficient (Wildman–Crippen LogP) is 4.30. The van der Waals surface area contributed by atoms with Gasteiger partial charge in [0.05, 0.1) is 0 Å². The first-order chi connectivity index (χ1) is 9.20. The Hall–Kier alpha value is 0.390. The van der Waals surface area contributed by atoms with Gasteiger partial charge in [-0.3, -0.25) is 4.90 Å². The smallest absolute Gasteiger partial charge is 0.107 e. The minimum absolute atomic E-state index is 0.558. The molecule has 2 heterocycles. The van der Waals surface area contributed by atoms with Crippen LogP contribution in [0.5, 0.6) is 0 Å². The predicted molar refractivity (Wildman–Crippen MR) is 86.1 cm³/mol. The van der Waals surface area contributed by atoms with Crippen LogP contribution < -0.4 is 5.32 Å². The van der Waals surface area contributed by atoms with Crippen molar-refractivity contribution in [2.75, 3.05) is 20.1 Å². The molecular formula is C14H20BrClN2S. The van der Waals surface area contributed by atoms with Crippen molar-refractivity contribution in [2.24, 2.45) is 5.92 Å². The van der Waals surface area contributed by atoms with E-state index in [0.29, 0.717) is 12.0 Å². The summed E-state index contributed by atoms with van der Waals surface area (Å²) >= 11 is 11.6. The summed E-state index contributed by atoms with van der Waals surface area (Å²) in [4.78, 5) is 4.17. The highest BCUT2D eigenvalue weighted by Crippen LogP contribution is 2.46. The Kier molecular flexibility index (Phi) is 4.54. The molecule has 1 saturated carbocycles. The molecule has 1 N–H and O–H groups in total. The summed E-state index contributed by atoms with van der Waals surface area (Å²) in [5, 5.41) is 3.37. The second-order valence-electron chi connectivity index (χ2n) is 5.64. The number of hydrogen-bond donors (Lipinski definition) is 1. The van der Waals surface area contributed by atoms with Gasteiger partial charge in [0.2, 0.25) is 0 Å². The van der Waals surface area contributed by atoms with Crippen LogP contribution in [0.4, 0.5) is 0 Å². The lowest BCUT2D eigenvalue weighted by molar-refractivity contribution is 0.0869. The van der Waals surface area contributed by atoms with Crippen molar-refractivity contribution < 1.29 is 0 Å². The third-order valence-electron chi connectivity index (χ3n) is 4.23. The highest BCUT2D eigenvalue weighted by Gasteiger charge is 2.41. The van der Waals surface area contributed by atoms with Crippen LogP contribution in [0.1, 0.15) is 36.6 Å². The molecular weight excluding hydrogens is 344 g/mol. The van der Waals surface area contributed by atoms with E-state index in [9.17, 15) is 0 Å². The molecule has 1 saturated heterocycles. The molecule has 0 amide bonds. The SMILES string of the molecule is CNCC1CCCN(C2CC2)C1c1cc(Br)c(Cl)s1. The number of likely N-dealkylation sites (tertiary alicyclic amines) is 1. The lowest BCUT2D eigenvalue weighted by atomic mass is 9.87. The van der Waals surface area contributed by atoms with Gasteiger partial charge in [0.25, 0.3) is 0 Å². The van der Waals surface area contributed by atoms with E-state index in [-0.39, 0.29) is 0 Å². The van der Waals surface area contributed by atoms with Crippen molar-refractivity contribution in [1.82, 2.24) is 10.2 Å². The minimum Gasteiger partial charge on any atom is -0.319 e. The first-order valence-corrected chi connectivity index (χ1v) is 9.04. The van der Waals surface area contributed by atoms with Crippen LogP contribution in [0.2, 0.25) is 4.34 Å². The molecule has 3 rings (SSSR count). The monoisotopic (exact) mass is 362 g/mol. The van der Waals surface area contributed by atoms with Gasteiger partial charge in [-0.05, 0) is 73.7 Å². The number of thiophene rings is 1. The average Bonchev–Trinajstić information content (AvgIpc) is 3.17. The number of hydrogen-bond acceptors (Lipinski definition) is 3. The maximum absolute atomic E-state index is 6.25. The number of piperidine rings is 1. The fourth-order valence-electron chi connectivity index (χ4n) is 3.30. The van der Waals surface area contributed by atoms with E-state index in [1.165, 1.54) is 37.1 Å². The maximum atomic E-state index is 6.25. The highest BCUT2D eigenvalue weighted by atomic mass is 79.9.